The van der Waals surface area contributed by atoms with E-state index in [-0.39, 0.29) is 11.3 Å². The molecule has 2 aliphatic rings. The third kappa shape index (κ3) is 4.96. The molecule has 2 aliphatic heterocycles. The van der Waals surface area contributed by atoms with Crippen LogP contribution in [0, 0.1) is 6.92 Å². The van der Waals surface area contributed by atoms with Gasteiger partial charge < -0.3 is 23.9 Å². The molecule has 4 rings (SSSR count). The van der Waals surface area contributed by atoms with Gasteiger partial charge in [0, 0.05) is 31.7 Å². The molecular formula is C25H30N2O6. The second-order valence-corrected chi connectivity index (χ2v) is 8.27. The van der Waals surface area contributed by atoms with E-state index in [1.165, 1.54) is 4.90 Å². The maximum atomic E-state index is 13.1. The van der Waals surface area contributed by atoms with Crippen molar-refractivity contribution in [2.45, 2.75) is 26.3 Å². The predicted octanol–water partition coefficient (Wildman–Crippen LogP) is 3.13. The van der Waals surface area contributed by atoms with Crippen molar-refractivity contribution in [3.05, 3.63) is 59.1 Å². The number of morpholine rings is 1. The number of ether oxygens (including phenoxy) is 2. The highest BCUT2D eigenvalue weighted by Gasteiger charge is 2.47. The summed E-state index contributed by atoms with van der Waals surface area (Å²) in [4.78, 5) is 29.8. The van der Waals surface area contributed by atoms with Crippen molar-refractivity contribution in [3.8, 4) is 5.75 Å². The van der Waals surface area contributed by atoms with Gasteiger partial charge in [0.15, 0.2) is 0 Å². The van der Waals surface area contributed by atoms with Crippen LogP contribution in [0.5, 0.6) is 5.75 Å². The lowest BCUT2D eigenvalue weighted by molar-refractivity contribution is -0.140. The number of aliphatic hydroxyl groups excluding tert-OH is 1. The first kappa shape index (κ1) is 23.1. The van der Waals surface area contributed by atoms with Gasteiger partial charge in [0.25, 0.3) is 11.7 Å². The third-order valence-electron chi connectivity index (χ3n) is 5.93. The highest BCUT2D eigenvalue weighted by Crippen LogP contribution is 2.40. The first-order chi connectivity index (χ1) is 16.0. The number of carbonyl (C=O) groups is 2. The van der Waals surface area contributed by atoms with Crippen LogP contribution in [0.4, 0.5) is 0 Å². The molecular weight excluding hydrogens is 424 g/mol. The van der Waals surface area contributed by atoms with Crippen LogP contribution in [0.25, 0.3) is 5.76 Å². The summed E-state index contributed by atoms with van der Waals surface area (Å²) >= 11 is 0. The summed E-state index contributed by atoms with van der Waals surface area (Å²) in [5.41, 5.74) is 0.483. The minimum absolute atomic E-state index is 0.0403. The second kappa shape index (κ2) is 10.2. The SMILES string of the molecule is CCCOc1ccc(C(O)=C2C(=O)C(=O)N(CCN3CCOCC3)[C@@H]2c2ccc(C)o2)cc1. The summed E-state index contributed by atoms with van der Waals surface area (Å²) in [6.45, 7) is 8.23. The molecule has 1 atom stereocenters. The number of hydrogen-bond donors (Lipinski definition) is 1. The summed E-state index contributed by atoms with van der Waals surface area (Å²) in [5.74, 6) is 0.242. The van der Waals surface area contributed by atoms with Crippen molar-refractivity contribution in [2.24, 2.45) is 0 Å². The lowest BCUT2D eigenvalue weighted by Crippen LogP contribution is -2.42. The van der Waals surface area contributed by atoms with E-state index in [4.69, 9.17) is 13.9 Å². The monoisotopic (exact) mass is 454 g/mol. The second-order valence-electron chi connectivity index (χ2n) is 8.27. The molecule has 1 aromatic carbocycles. The summed E-state index contributed by atoms with van der Waals surface area (Å²) < 4.78 is 16.8. The fourth-order valence-corrected chi connectivity index (χ4v) is 4.17. The van der Waals surface area contributed by atoms with E-state index in [1.54, 1.807) is 43.3 Å². The van der Waals surface area contributed by atoms with E-state index in [2.05, 4.69) is 4.90 Å². The summed E-state index contributed by atoms with van der Waals surface area (Å²) in [5, 5.41) is 11.1. The molecule has 2 aromatic rings. The first-order valence-corrected chi connectivity index (χ1v) is 11.4. The van der Waals surface area contributed by atoms with Crippen molar-refractivity contribution in [3.63, 3.8) is 0 Å². The van der Waals surface area contributed by atoms with Gasteiger partial charge in [0.05, 0.1) is 25.4 Å². The first-order valence-electron chi connectivity index (χ1n) is 11.4. The average molecular weight is 455 g/mol. The van der Waals surface area contributed by atoms with Gasteiger partial charge in [-0.2, -0.15) is 0 Å². The summed E-state index contributed by atoms with van der Waals surface area (Å²) in [7, 11) is 0. The van der Waals surface area contributed by atoms with Gasteiger partial charge >= 0.3 is 0 Å². The molecule has 8 nitrogen and oxygen atoms in total. The number of likely N-dealkylation sites (tertiary alicyclic amines) is 1. The average Bonchev–Trinajstić information content (AvgIpc) is 3.37. The Balaban J connectivity index is 1.65. The molecule has 0 saturated carbocycles. The van der Waals surface area contributed by atoms with Gasteiger partial charge in [-0.1, -0.05) is 6.92 Å². The van der Waals surface area contributed by atoms with Crippen molar-refractivity contribution in [1.82, 2.24) is 9.80 Å². The number of ketones is 1. The van der Waals surface area contributed by atoms with Crippen molar-refractivity contribution >= 4 is 17.4 Å². The molecule has 1 aromatic heterocycles. The number of benzene rings is 1. The molecule has 2 fully saturated rings. The molecule has 1 amide bonds. The lowest BCUT2D eigenvalue weighted by Gasteiger charge is -2.30. The summed E-state index contributed by atoms with van der Waals surface area (Å²) in [6.07, 6.45) is 0.887. The van der Waals surface area contributed by atoms with E-state index in [9.17, 15) is 14.7 Å². The standard InChI is InChI=1S/C25H30N2O6/c1-3-14-32-19-7-5-18(6-8-19)23(28)21-22(20-9-4-17(2)33-20)27(25(30)24(21)29)11-10-26-12-15-31-16-13-26/h4-9,22,28H,3,10-16H2,1-2H3/t22-/m1/s1. The predicted molar refractivity (Wildman–Crippen MR) is 122 cm³/mol. The Morgan fingerprint density at radius 2 is 1.82 bits per heavy atom. The van der Waals surface area contributed by atoms with Crippen LogP contribution < -0.4 is 4.74 Å². The maximum absolute atomic E-state index is 13.1. The van der Waals surface area contributed by atoms with Crippen molar-refractivity contribution in [2.75, 3.05) is 46.0 Å². The highest BCUT2D eigenvalue weighted by atomic mass is 16.5. The number of amides is 1. The largest absolute Gasteiger partial charge is 0.507 e. The van der Waals surface area contributed by atoms with E-state index >= 15 is 0 Å². The number of rotatable bonds is 8. The highest BCUT2D eigenvalue weighted by molar-refractivity contribution is 6.46. The molecule has 0 spiro atoms. The molecule has 3 heterocycles. The zero-order valence-electron chi connectivity index (χ0n) is 19.1. The fourth-order valence-electron chi connectivity index (χ4n) is 4.17. The molecule has 0 aliphatic carbocycles. The maximum Gasteiger partial charge on any atom is 0.295 e. The Morgan fingerprint density at radius 3 is 2.45 bits per heavy atom. The third-order valence-corrected chi connectivity index (χ3v) is 5.93. The van der Waals surface area contributed by atoms with Crippen LogP contribution in [-0.2, 0) is 14.3 Å². The summed E-state index contributed by atoms with van der Waals surface area (Å²) in [6, 6.07) is 9.62. The lowest BCUT2D eigenvalue weighted by atomic mass is 9.99. The van der Waals surface area contributed by atoms with Crippen molar-refractivity contribution < 1.29 is 28.6 Å². The number of aliphatic hydroxyl groups is 1. The van der Waals surface area contributed by atoms with E-state index in [0.717, 1.165) is 19.5 Å². The van der Waals surface area contributed by atoms with Gasteiger partial charge in [-0.3, -0.25) is 14.5 Å². The minimum Gasteiger partial charge on any atom is -0.507 e. The zero-order chi connectivity index (χ0) is 23.4. The fraction of sp³-hybridized carbons (Fsp3) is 0.440. The molecule has 176 valence electrons. The Bertz CT molecular complexity index is 1020. The Morgan fingerprint density at radius 1 is 1.09 bits per heavy atom. The van der Waals surface area contributed by atoms with E-state index < -0.39 is 17.7 Å². The van der Waals surface area contributed by atoms with Crippen LogP contribution in [0.3, 0.4) is 0 Å². The number of aryl methyl sites for hydroxylation is 1. The Hall–Kier alpha value is -3.10. The molecule has 2 saturated heterocycles. The number of nitrogens with zero attached hydrogens (tertiary/aromatic N) is 2. The van der Waals surface area contributed by atoms with Crippen LogP contribution in [0.2, 0.25) is 0 Å². The molecule has 1 N–H and O–H groups in total. The van der Waals surface area contributed by atoms with Gasteiger partial charge in [0.1, 0.15) is 29.1 Å². The van der Waals surface area contributed by atoms with Gasteiger partial charge in [-0.15, -0.1) is 0 Å². The Labute approximate surface area is 193 Å². The minimum atomic E-state index is -0.782. The number of carbonyl (C=O) groups excluding carboxylic acids is 2. The van der Waals surface area contributed by atoms with Crippen molar-refractivity contribution in [1.29, 1.82) is 0 Å². The van der Waals surface area contributed by atoms with E-state index in [0.29, 0.717) is 55.7 Å². The topological polar surface area (TPSA) is 92.5 Å². The smallest absolute Gasteiger partial charge is 0.295 e. The number of Topliss-reactive ketones (excluding diaryl/α,β-unsaturated/α-hetero) is 1. The molecule has 0 unspecified atom stereocenters. The van der Waals surface area contributed by atoms with Crippen LogP contribution in [0.15, 0.2) is 46.4 Å². The van der Waals surface area contributed by atoms with Gasteiger partial charge in [-0.25, -0.2) is 0 Å². The van der Waals surface area contributed by atoms with Crippen LogP contribution >= 0.6 is 0 Å². The molecule has 8 heteroatoms. The van der Waals surface area contributed by atoms with Crippen LogP contribution in [-0.4, -0.2) is 72.6 Å². The zero-order valence-corrected chi connectivity index (χ0v) is 19.1. The Kier molecular flexibility index (Phi) is 7.15. The van der Waals surface area contributed by atoms with Gasteiger partial charge in [0.2, 0.25) is 0 Å². The quantitative estimate of drug-likeness (QED) is 0.372. The molecule has 0 radical (unpaired) electrons. The molecule has 0 bridgehead atoms. The van der Waals surface area contributed by atoms with Gasteiger partial charge in [-0.05, 0) is 49.7 Å². The number of hydrogen-bond acceptors (Lipinski definition) is 7. The molecule has 33 heavy (non-hydrogen) atoms. The number of furan rings is 1. The van der Waals surface area contributed by atoms with Crippen LogP contribution in [0.1, 0.15) is 36.5 Å². The normalized spacial score (nSPS) is 21.0. The van der Waals surface area contributed by atoms with E-state index in [1.807, 2.05) is 6.92 Å².